The van der Waals surface area contributed by atoms with Crippen LogP contribution in [0.2, 0.25) is 0 Å². The Labute approximate surface area is 81.4 Å². The van der Waals surface area contributed by atoms with Crippen LogP contribution < -0.4 is 5.32 Å². The third-order valence-electron chi connectivity index (χ3n) is 1.37. The smallest absolute Gasteiger partial charge is 0.244 e. The molecule has 2 nitrogen and oxygen atoms in total. The fourth-order valence-electron chi connectivity index (χ4n) is 0.859. The molecule has 0 aromatic rings. The number of allylic oxidation sites excluding steroid dienone is 1. The second-order valence-corrected chi connectivity index (χ2v) is 4.77. The minimum Gasteiger partial charge on any atom is -0.348 e. The summed E-state index contributed by atoms with van der Waals surface area (Å²) in [5, 5.41) is 2.87. The van der Waals surface area contributed by atoms with Gasteiger partial charge in [0.2, 0.25) is 5.91 Å². The first-order valence-electron chi connectivity index (χ1n) is 4.80. The van der Waals surface area contributed by atoms with Gasteiger partial charge in [-0.05, 0) is 39.2 Å². The van der Waals surface area contributed by atoms with Gasteiger partial charge in [-0.3, -0.25) is 4.79 Å². The molecule has 76 valence electrons. The Morgan fingerprint density at radius 3 is 2.31 bits per heavy atom. The van der Waals surface area contributed by atoms with Crippen molar-refractivity contribution < 1.29 is 4.79 Å². The lowest BCUT2D eigenvalue weighted by Crippen LogP contribution is -2.39. The SMILES string of the molecule is CC(C)C/C=C/C(=O)NC(C)(C)C. The first-order chi connectivity index (χ1) is 5.81. The largest absolute Gasteiger partial charge is 0.348 e. The number of amides is 1. The minimum atomic E-state index is -0.140. The minimum absolute atomic E-state index is 0.00634. The average molecular weight is 183 g/mol. The summed E-state index contributed by atoms with van der Waals surface area (Å²) < 4.78 is 0. The molecular formula is C11H21NO. The molecule has 0 radical (unpaired) electrons. The molecule has 0 fully saturated rings. The molecule has 0 aromatic carbocycles. The first kappa shape index (κ1) is 12.2. The summed E-state index contributed by atoms with van der Waals surface area (Å²) in [5.41, 5.74) is -0.140. The van der Waals surface area contributed by atoms with Crippen LogP contribution in [0, 0.1) is 5.92 Å². The number of carbonyl (C=O) groups is 1. The summed E-state index contributed by atoms with van der Waals surface area (Å²) in [6.07, 6.45) is 4.49. The summed E-state index contributed by atoms with van der Waals surface area (Å²) in [6, 6.07) is 0. The Morgan fingerprint density at radius 1 is 1.38 bits per heavy atom. The van der Waals surface area contributed by atoms with E-state index >= 15 is 0 Å². The Balaban J connectivity index is 3.81. The molecule has 2 heteroatoms. The maximum Gasteiger partial charge on any atom is 0.244 e. The van der Waals surface area contributed by atoms with Gasteiger partial charge < -0.3 is 5.32 Å². The van der Waals surface area contributed by atoms with Crippen molar-refractivity contribution in [3.8, 4) is 0 Å². The van der Waals surface area contributed by atoms with E-state index in [1.165, 1.54) is 0 Å². The lowest BCUT2D eigenvalue weighted by atomic mass is 10.1. The van der Waals surface area contributed by atoms with Gasteiger partial charge in [0.1, 0.15) is 0 Å². The zero-order valence-corrected chi connectivity index (χ0v) is 9.35. The van der Waals surface area contributed by atoms with Gasteiger partial charge >= 0.3 is 0 Å². The van der Waals surface area contributed by atoms with Crippen LogP contribution in [-0.4, -0.2) is 11.4 Å². The first-order valence-corrected chi connectivity index (χ1v) is 4.80. The van der Waals surface area contributed by atoms with E-state index in [0.717, 1.165) is 6.42 Å². The fourth-order valence-corrected chi connectivity index (χ4v) is 0.859. The van der Waals surface area contributed by atoms with Crippen LogP contribution in [0.1, 0.15) is 41.0 Å². The summed E-state index contributed by atoms with van der Waals surface area (Å²) in [5.74, 6) is 0.604. The summed E-state index contributed by atoms with van der Waals surface area (Å²) in [4.78, 5) is 11.2. The monoisotopic (exact) mass is 183 g/mol. The quantitative estimate of drug-likeness (QED) is 0.669. The highest BCUT2D eigenvalue weighted by atomic mass is 16.1. The maximum atomic E-state index is 11.2. The molecule has 0 bridgehead atoms. The van der Waals surface area contributed by atoms with Crippen molar-refractivity contribution >= 4 is 5.91 Å². The van der Waals surface area contributed by atoms with Crippen LogP contribution in [0.25, 0.3) is 0 Å². The number of hydrogen-bond donors (Lipinski definition) is 1. The molecule has 0 aliphatic rings. The van der Waals surface area contributed by atoms with Crippen LogP contribution in [0.4, 0.5) is 0 Å². The van der Waals surface area contributed by atoms with E-state index in [1.807, 2.05) is 26.8 Å². The second kappa shape index (κ2) is 5.05. The molecule has 0 heterocycles. The number of nitrogens with one attached hydrogen (secondary N) is 1. The van der Waals surface area contributed by atoms with Crippen LogP contribution in [0.15, 0.2) is 12.2 Å². The van der Waals surface area contributed by atoms with Crippen molar-refractivity contribution in [2.75, 3.05) is 0 Å². The highest BCUT2D eigenvalue weighted by molar-refractivity contribution is 5.87. The predicted octanol–water partition coefficient (Wildman–Crippen LogP) is 2.50. The lowest BCUT2D eigenvalue weighted by molar-refractivity contribution is -0.117. The number of carbonyl (C=O) groups excluding carboxylic acids is 1. The van der Waals surface area contributed by atoms with Crippen LogP contribution in [-0.2, 0) is 4.79 Å². The maximum absolute atomic E-state index is 11.2. The zero-order valence-electron chi connectivity index (χ0n) is 9.35. The predicted molar refractivity (Wildman–Crippen MR) is 56.5 cm³/mol. The van der Waals surface area contributed by atoms with E-state index in [9.17, 15) is 4.79 Å². The summed E-state index contributed by atoms with van der Waals surface area (Å²) in [6.45, 7) is 10.2. The van der Waals surface area contributed by atoms with E-state index in [0.29, 0.717) is 5.92 Å². The number of hydrogen-bond acceptors (Lipinski definition) is 1. The molecule has 0 saturated carbocycles. The van der Waals surface area contributed by atoms with Crippen LogP contribution in [0.5, 0.6) is 0 Å². The summed E-state index contributed by atoms with van der Waals surface area (Å²) >= 11 is 0. The molecule has 0 atom stereocenters. The third kappa shape index (κ3) is 9.12. The molecular weight excluding hydrogens is 162 g/mol. The zero-order chi connectivity index (χ0) is 10.5. The van der Waals surface area contributed by atoms with Gasteiger partial charge in [-0.15, -0.1) is 0 Å². The normalized spacial score (nSPS) is 12.5. The Morgan fingerprint density at radius 2 is 1.92 bits per heavy atom. The molecule has 0 rings (SSSR count). The topological polar surface area (TPSA) is 29.1 Å². The van der Waals surface area contributed by atoms with E-state index in [2.05, 4.69) is 19.2 Å². The van der Waals surface area contributed by atoms with Crippen molar-refractivity contribution in [3.05, 3.63) is 12.2 Å². The van der Waals surface area contributed by atoms with Crippen LogP contribution in [0.3, 0.4) is 0 Å². The van der Waals surface area contributed by atoms with Gasteiger partial charge in [0.15, 0.2) is 0 Å². The van der Waals surface area contributed by atoms with E-state index in [1.54, 1.807) is 6.08 Å². The summed E-state index contributed by atoms with van der Waals surface area (Å²) in [7, 11) is 0. The third-order valence-corrected chi connectivity index (χ3v) is 1.37. The molecule has 0 aliphatic heterocycles. The standard InChI is InChI=1S/C11H21NO/c1-9(2)7-6-8-10(13)12-11(3,4)5/h6,8-9H,7H2,1-5H3,(H,12,13)/b8-6+. The number of rotatable bonds is 3. The van der Waals surface area contributed by atoms with Crippen LogP contribution >= 0.6 is 0 Å². The molecule has 0 saturated heterocycles. The molecule has 0 spiro atoms. The van der Waals surface area contributed by atoms with Gasteiger partial charge in [-0.2, -0.15) is 0 Å². The Hall–Kier alpha value is -0.790. The molecule has 1 N–H and O–H groups in total. The highest BCUT2D eigenvalue weighted by Crippen LogP contribution is 2.01. The van der Waals surface area contributed by atoms with Gasteiger partial charge in [0.05, 0.1) is 0 Å². The van der Waals surface area contributed by atoms with E-state index in [-0.39, 0.29) is 11.4 Å². The van der Waals surface area contributed by atoms with E-state index in [4.69, 9.17) is 0 Å². The van der Waals surface area contributed by atoms with Gasteiger partial charge in [0.25, 0.3) is 0 Å². The van der Waals surface area contributed by atoms with Crippen molar-refractivity contribution in [1.82, 2.24) is 5.32 Å². The molecule has 0 aromatic heterocycles. The Bertz CT molecular complexity index is 187. The van der Waals surface area contributed by atoms with Gasteiger partial charge in [0, 0.05) is 5.54 Å². The van der Waals surface area contributed by atoms with E-state index < -0.39 is 0 Å². The van der Waals surface area contributed by atoms with Gasteiger partial charge in [-0.1, -0.05) is 19.9 Å². The highest BCUT2D eigenvalue weighted by Gasteiger charge is 2.10. The van der Waals surface area contributed by atoms with Crippen molar-refractivity contribution in [2.24, 2.45) is 5.92 Å². The molecule has 0 unspecified atom stereocenters. The van der Waals surface area contributed by atoms with Gasteiger partial charge in [-0.25, -0.2) is 0 Å². The lowest BCUT2D eigenvalue weighted by Gasteiger charge is -2.18. The average Bonchev–Trinajstić information content (AvgIpc) is 1.81. The molecule has 13 heavy (non-hydrogen) atoms. The molecule has 1 amide bonds. The van der Waals surface area contributed by atoms with Crippen molar-refractivity contribution in [1.29, 1.82) is 0 Å². The fraction of sp³-hybridized carbons (Fsp3) is 0.727. The molecule has 0 aliphatic carbocycles. The second-order valence-electron chi connectivity index (χ2n) is 4.77. The Kier molecular flexibility index (Phi) is 4.74. The van der Waals surface area contributed by atoms with Crippen molar-refractivity contribution in [3.63, 3.8) is 0 Å². The van der Waals surface area contributed by atoms with Crippen molar-refractivity contribution in [2.45, 2.75) is 46.6 Å².